The van der Waals surface area contributed by atoms with Crippen LogP contribution in [0.5, 0.6) is 0 Å². The summed E-state index contributed by atoms with van der Waals surface area (Å²) in [5.74, 6) is 1.55. The highest BCUT2D eigenvalue weighted by molar-refractivity contribution is 4.85. The van der Waals surface area contributed by atoms with Crippen LogP contribution in [-0.4, -0.2) is 0 Å². The molecule has 61 valence electrons. The Bertz CT molecular complexity index is 80.0. The molecule has 0 unspecified atom stereocenters. The fourth-order valence-electron chi connectivity index (χ4n) is 1.72. The van der Waals surface area contributed by atoms with E-state index in [2.05, 4.69) is 34.6 Å². The average molecular weight is 141 g/mol. The molecule has 0 fully saturated rings. The molecule has 0 aromatic rings. The largest absolute Gasteiger partial charge is 0.0654 e. The van der Waals surface area contributed by atoms with Crippen molar-refractivity contribution in [3.05, 3.63) is 5.92 Å². The van der Waals surface area contributed by atoms with Crippen LogP contribution < -0.4 is 0 Å². The molecule has 0 aromatic heterocycles. The van der Waals surface area contributed by atoms with Gasteiger partial charge >= 0.3 is 0 Å². The smallest absolute Gasteiger partial charge is 0.0298 e. The lowest BCUT2D eigenvalue weighted by Gasteiger charge is -2.25. The summed E-state index contributed by atoms with van der Waals surface area (Å²) in [6.45, 7) is 11.4. The Morgan fingerprint density at radius 3 is 2.00 bits per heavy atom. The summed E-state index contributed by atoms with van der Waals surface area (Å²) in [5.41, 5.74) is 0.535. The summed E-state index contributed by atoms with van der Waals surface area (Å²) in [6, 6.07) is 0. The lowest BCUT2D eigenvalue weighted by atomic mass is 9.80. The van der Waals surface area contributed by atoms with Crippen molar-refractivity contribution in [3.63, 3.8) is 0 Å². The van der Waals surface area contributed by atoms with Gasteiger partial charge in [0.15, 0.2) is 0 Å². The molecule has 0 atom stereocenters. The van der Waals surface area contributed by atoms with Gasteiger partial charge in [-0.15, -0.1) is 0 Å². The number of rotatable bonds is 4. The topological polar surface area (TPSA) is 0 Å². The van der Waals surface area contributed by atoms with Crippen LogP contribution in [0, 0.1) is 11.3 Å². The third kappa shape index (κ3) is 4.84. The van der Waals surface area contributed by atoms with Crippen molar-refractivity contribution >= 4 is 0 Å². The van der Waals surface area contributed by atoms with E-state index in [0.29, 0.717) is 5.41 Å². The van der Waals surface area contributed by atoms with E-state index < -0.39 is 0 Å². The van der Waals surface area contributed by atoms with Gasteiger partial charge in [0, 0.05) is 0 Å². The lowest BCUT2D eigenvalue weighted by Crippen LogP contribution is -2.12. The van der Waals surface area contributed by atoms with Crippen LogP contribution in [0.15, 0.2) is 0 Å². The number of hydrogen-bond acceptors (Lipinski definition) is 0. The predicted molar refractivity (Wildman–Crippen MR) is 47.9 cm³/mol. The zero-order valence-corrected chi connectivity index (χ0v) is 8.12. The van der Waals surface area contributed by atoms with Crippen LogP contribution in [-0.2, 0) is 0 Å². The van der Waals surface area contributed by atoms with Gasteiger partial charge in [-0.1, -0.05) is 41.0 Å². The van der Waals surface area contributed by atoms with E-state index in [-0.39, 0.29) is 0 Å². The van der Waals surface area contributed by atoms with Crippen molar-refractivity contribution in [2.75, 3.05) is 0 Å². The Kier molecular flexibility index (Phi) is 4.00. The number of hydrogen-bond donors (Lipinski definition) is 0. The van der Waals surface area contributed by atoms with Crippen LogP contribution >= 0.6 is 0 Å². The molecule has 0 aliphatic heterocycles. The molecule has 0 spiro atoms. The van der Waals surface area contributed by atoms with E-state index in [9.17, 15) is 0 Å². The van der Waals surface area contributed by atoms with Crippen LogP contribution in [0.3, 0.4) is 0 Å². The quantitative estimate of drug-likeness (QED) is 0.558. The summed E-state index contributed by atoms with van der Waals surface area (Å²) in [4.78, 5) is 0. The van der Waals surface area contributed by atoms with Crippen molar-refractivity contribution in [3.8, 4) is 0 Å². The van der Waals surface area contributed by atoms with E-state index in [1.807, 2.05) is 0 Å². The zero-order chi connectivity index (χ0) is 8.20. The van der Waals surface area contributed by atoms with Crippen LogP contribution in [0.1, 0.15) is 53.9 Å². The molecule has 1 radical (unpaired) electrons. The molecule has 0 heterocycles. The second kappa shape index (κ2) is 4.00. The van der Waals surface area contributed by atoms with E-state index in [1.165, 1.54) is 19.3 Å². The van der Waals surface area contributed by atoms with Gasteiger partial charge in [-0.2, -0.15) is 0 Å². The Morgan fingerprint density at radius 1 is 1.20 bits per heavy atom. The van der Waals surface area contributed by atoms with Crippen LogP contribution in [0.25, 0.3) is 0 Å². The maximum atomic E-state index is 2.35. The summed E-state index contributed by atoms with van der Waals surface area (Å²) in [7, 11) is 0. The van der Waals surface area contributed by atoms with E-state index >= 15 is 0 Å². The highest BCUT2D eigenvalue weighted by Gasteiger charge is 2.17. The van der Waals surface area contributed by atoms with Gasteiger partial charge < -0.3 is 0 Å². The average Bonchev–Trinajstić information content (AvgIpc) is 1.59. The summed E-state index contributed by atoms with van der Waals surface area (Å²) in [5, 5.41) is 0. The maximum Gasteiger partial charge on any atom is -0.0298 e. The Labute approximate surface area is 66.0 Å². The summed E-state index contributed by atoms with van der Waals surface area (Å²) < 4.78 is 0. The van der Waals surface area contributed by atoms with E-state index in [1.54, 1.807) is 5.92 Å². The minimum Gasteiger partial charge on any atom is -0.0654 e. The van der Waals surface area contributed by atoms with Gasteiger partial charge in [0.2, 0.25) is 0 Å². The van der Waals surface area contributed by atoms with Gasteiger partial charge in [-0.25, -0.2) is 0 Å². The van der Waals surface area contributed by atoms with Crippen molar-refractivity contribution in [1.29, 1.82) is 0 Å². The van der Waals surface area contributed by atoms with E-state index in [0.717, 1.165) is 0 Å². The fraction of sp³-hybridized carbons (Fsp3) is 0.900. The molecule has 10 heavy (non-hydrogen) atoms. The second-order valence-electron chi connectivity index (χ2n) is 4.30. The predicted octanol–water partition coefficient (Wildman–Crippen LogP) is 3.82. The highest BCUT2D eigenvalue weighted by Crippen LogP contribution is 2.30. The molecule has 0 bridgehead atoms. The van der Waals surface area contributed by atoms with Crippen molar-refractivity contribution < 1.29 is 0 Å². The lowest BCUT2D eigenvalue weighted by molar-refractivity contribution is 0.313. The molecule has 0 saturated heterocycles. The molecule has 0 amide bonds. The first-order valence-corrected chi connectivity index (χ1v) is 4.27. The molecule has 0 rings (SSSR count). The van der Waals surface area contributed by atoms with Crippen LogP contribution in [0.2, 0.25) is 0 Å². The molecule has 0 nitrogen and oxygen atoms in total. The van der Waals surface area contributed by atoms with Gasteiger partial charge in [-0.3, -0.25) is 0 Å². The molecule has 0 saturated carbocycles. The molecular formula is C10H21. The first-order chi connectivity index (χ1) is 4.48. The minimum atomic E-state index is 0.535. The van der Waals surface area contributed by atoms with Crippen molar-refractivity contribution in [2.24, 2.45) is 5.41 Å². The first-order valence-electron chi connectivity index (χ1n) is 4.27. The Morgan fingerprint density at radius 2 is 1.70 bits per heavy atom. The zero-order valence-electron chi connectivity index (χ0n) is 8.12. The van der Waals surface area contributed by atoms with Crippen molar-refractivity contribution in [1.82, 2.24) is 0 Å². The molecule has 0 aromatic carbocycles. The fourth-order valence-corrected chi connectivity index (χ4v) is 1.72. The van der Waals surface area contributed by atoms with Crippen molar-refractivity contribution in [2.45, 2.75) is 53.9 Å². The normalized spacial score (nSPS) is 12.6. The molecule has 0 aliphatic rings. The standard InChI is InChI=1S/C10H21/c1-6-7-10(4,5)8-9(2)3/h6-8H2,1-5H3. The van der Waals surface area contributed by atoms with E-state index in [4.69, 9.17) is 0 Å². The Hall–Kier alpha value is 0. The molecule has 0 N–H and O–H groups in total. The first kappa shape index (κ1) is 10.0. The maximum absolute atomic E-state index is 2.35. The van der Waals surface area contributed by atoms with Gasteiger partial charge in [0.1, 0.15) is 0 Å². The molecular weight excluding hydrogens is 120 g/mol. The minimum absolute atomic E-state index is 0.535. The monoisotopic (exact) mass is 141 g/mol. The molecule has 0 aliphatic carbocycles. The van der Waals surface area contributed by atoms with Gasteiger partial charge in [-0.05, 0) is 24.2 Å². The van der Waals surface area contributed by atoms with Crippen LogP contribution in [0.4, 0.5) is 0 Å². The summed E-state index contributed by atoms with van der Waals surface area (Å²) in [6.07, 6.45) is 3.93. The Balaban J connectivity index is 3.63. The SMILES string of the molecule is CCCC(C)(C)C[C](C)C. The van der Waals surface area contributed by atoms with Gasteiger partial charge in [0.05, 0.1) is 0 Å². The third-order valence-corrected chi connectivity index (χ3v) is 1.76. The third-order valence-electron chi connectivity index (χ3n) is 1.76. The second-order valence-corrected chi connectivity index (χ2v) is 4.30. The highest BCUT2D eigenvalue weighted by atomic mass is 14.2. The summed E-state index contributed by atoms with van der Waals surface area (Å²) >= 11 is 0. The van der Waals surface area contributed by atoms with Gasteiger partial charge in [0.25, 0.3) is 0 Å². The molecule has 0 heteroatoms.